The Morgan fingerprint density at radius 2 is 1.89 bits per heavy atom. The van der Waals surface area contributed by atoms with Crippen molar-refractivity contribution in [1.82, 2.24) is 10.3 Å². The molecule has 2 aromatic rings. The third-order valence-electron chi connectivity index (χ3n) is 3.43. The van der Waals surface area contributed by atoms with Crippen molar-refractivity contribution in [2.45, 2.75) is 13.0 Å². The lowest BCUT2D eigenvalue weighted by Gasteiger charge is -2.23. The first-order valence-corrected chi connectivity index (χ1v) is 6.68. The summed E-state index contributed by atoms with van der Waals surface area (Å²) in [7, 11) is 0. The number of hydrogen-bond acceptors (Lipinski definition) is 3. The Morgan fingerprint density at radius 1 is 1.11 bits per heavy atom. The standard InChI is InChI=1S/C16H18N2O/c1-12-2-4-13(5-3-12)14-6-7-15(18-10-14)16-11-17-8-9-19-16/h2-7,10,16-17H,8-9,11H2,1H3/t16-/m1/s1. The average Bonchev–Trinajstić information content (AvgIpc) is 2.49. The van der Waals surface area contributed by atoms with E-state index in [0.29, 0.717) is 0 Å². The molecule has 1 atom stereocenters. The van der Waals surface area contributed by atoms with Crippen molar-refractivity contribution in [2.24, 2.45) is 0 Å². The van der Waals surface area contributed by atoms with Gasteiger partial charge in [-0.3, -0.25) is 4.98 Å². The maximum absolute atomic E-state index is 5.70. The average molecular weight is 254 g/mol. The molecule has 0 amide bonds. The molecule has 2 heterocycles. The molecule has 0 saturated carbocycles. The van der Waals surface area contributed by atoms with Crippen LogP contribution < -0.4 is 5.32 Å². The van der Waals surface area contributed by atoms with Crippen LogP contribution in [0, 0.1) is 6.92 Å². The van der Waals surface area contributed by atoms with E-state index in [2.05, 4.69) is 53.6 Å². The van der Waals surface area contributed by atoms with Gasteiger partial charge in [0.25, 0.3) is 0 Å². The maximum atomic E-state index is 5.70. The summed E-state index contributed by atoms with van der Waals surface area (Å²) in [6, 6.07) is 12.7. The number of ether oxygens (including phenoxy) is 1. The normalized spacial score (nSPS) is 19.3. The van der Waals surface area contributed by atoms with Gasteiger partial charge in [0.05, 0.1) is 12.3 Å². The summed E-state index contributed by atoms with van der Waals surface area (Å²) in [6.07, 6.45) is 2.01. The lowest BCUT2D eigenvalue weighted by molar-refractivity contribution is 0.0250. The largest absolute Gasteiger partial charge is 0.369 e. The highest BCUT2D eigenvalue weighted by atomic mass is 16.5. The Balaban J connectivity index is 1.80. The molecule has 3 rings (SSSR count). The molecular formula is C16H18N2O. The van der Waals surface area contributed by atoms with Gasteiger partial charge >= 0.3 is 0 Å². The van der Waals surface area contributed by atoms with Crippen LogP contribution >= 0.6 is 0 Å². The van der Waals surface area contributed by atoms with E-state index < -0.39 is 0 Å². The Labute approximate surface area is 113 Å². The number of benzene rings is 1. The lowest BCUT2D eigenvalue weighted by Crippen LogP contribution is -2.33. The fourth-order valence-corrected chi connectivity index (χ4v) is 2.27. The highest BCUT2D eigenvalue weighted by Gasteiger charge is 2.16. The van der Waals surface area contributed by atoms with Gasteiger partial charge in [0.2, 0.25) is 0 Å². The molecule has 0 aliphatic carbocycles. The Morgan fingerprint density at radius 3 is 2.53 bits per heavy atom. The summed E-state index contributed by atoms with van der Waals surface area (Å²) < 4.78 is 5.70. The molecule has 3 nitrogen and oxygen atoms in total. The molecule has 1 N–H and O–H groups in total. The quantitative estimate of drug-likeness (QED) is 0.894. The van der Waals surface area contributed by atoms with Crippen LogP contribution in [0.2, 0.25) is 0 Å². The zero-order valence-corrected chi connectivity index (χ0v) is 11.1. The van der Waals surface area contributed by atoms with Gasteiger partial charge in [-0.25, -0.2) is 0 Å². The molecule has 3 heteroatoms. The molecule has 0 unspecified atom stereocenters. The molecule has 1 saturated heterocycles. The van der Waals surface area contributed by atoms with Gasteiger partial charge in [-0.1, -0.05) is 35.9 Å². The van der Waals surface area contributed by atoms with E-state index in [1.807, 2.05) is 6.20 Å². The number of morpholine rings is 1. The number of nitrogens with one attached hydrogen (secondary N) is 1. The van der Waals surface area contributed by atoms with E-state index in [0.717, 1.165) is 31.0 Å². The smallest absolute Gasteiger partial charge is 0.112 e. The summed E-state index contributed by atoms with van der Waals surface area (Å²) >= 11 is 0. The van der Waals surface area contributed by atoms with Crippen molar-refractivity contribution in [2.75, 3.05) is 19.7 Å². The van der Waals surface area contributed by atoms with Crippen LogP contribution in [-0.4, -0.2) is 24.7 Å². The van der Waals surface area contributed by atoms with E-state index in [9.17, 15) is 0 Å². The molecule has 1 fully saturated rings. The summed E-state index contributed by atoms with van der Waals surface area (Å²) in [5.74, 6) is 0. The first kappa shape index (κ1) is 12.3. The topological polar surface area (TPSA) is 34.1 Å². The maximum Gasteiger partial charge on any atom is 0.112 e. The van der Waals surface area contributed by atoms with Gasteiger partial charge in [0.1, 0.15) is 6.10 Å². The monoisotopic (exact) mass is 254 g/mol. The predicted molar refractivity (Wildman–Crippen MR) is 76.0 cm³/mol. The molecule has 98 valence electrons. The summed E-state index contributed by atoms with van der Waals surface area (Å²) in [5, 5.41) is 3.32. The third kappa shape index (κ3) is 2.83. The second kappa shape index (κ2) is 5.51. The zero-order chi connectivity index (χ0) is 13.1. The van der Waals surface area contributed by atoms with Crippen molar-refractivity contribution in [3.63, 3.8) is 0 Å². The van der Waals surface area contributed by atoms with E-state index in [-0.39, 0.29) is 6.10 Å². The molecule has 1 aromatic heterocycles. The van der Waals surface area contributed by atoms with Crippen LogP contribution in [0.5, 0.6) is 0 Å². The highest BCUT2D eigenvalue weighted by molar-refractivity contribution is 5.62. The molecule has 1 aromatic carbocycles. The first-order chi connectivity index (χ1) is 9.33. The van der Waals surface area contributed by atoms with E-state index in [1.54, 1.807) is 0 Å². The zero-order valence-electron chi connectivity index (χ0n) is 11.1. The van der Waals surface area contributed by atoms with Crippen LogP contribution in [0.15, 0.2) is 42.6 Å². The molecule has 0 radical (unpaired) electrons. The van der Waals surface area contributed by atoms with Crippen molar-refractivity contribution in [3.8, 4) is 11.1 Å². The van der Waals surface area contributed by atoms with Crippen LogP contribution in [-0.2, 0) is 4.74 Å². The fourth-order valence-electron chi connectivity index (χ4n) is 2.27. The number of aromatic nitrogens is 1. The van der Waals surface area contributed by atoms with Crippen LogP contribution in [0.25, 0.3) is 11.1 Å². The predicted octanol–water partition coefficient (Wildman–Crippen LogP) is 2.72. The Bertz CT molecular complexity index is 528. The van der Waals surface area contributed by atoms with Crippen LogP contribution in [0.1, 0.15) is 17.4 Å². The summed E-state index contributed by atoms with van der Waals surface area (Å²) in [4.78, 5) is 4.54. The number of nitrogens with zero attached hydrogens (tertiary/aromatic N) is 1. The molecular weight excluding hydrogens is 236 g/mol. The van der Waals surface area contributed by atoms with E-state index >= 15 is 0 Å². The van der Waals surface area contributed by atoms with Gasteiger partial charge in [-0.2, -0.15) is 0 Å². The van der Waals surface area contributed by atoms with Gasteiger partial charge in [-0.05, 0) is 18.6 Å². The van der Waals surface area contributed by atoms with Gasteiger partial charge in [0, 0.05) is 24.8 Å². The van der Waals surface area contributed by atoms with Crippen LogP contribution in [0.3, 0.4) is 0 Å². The van der Waals surface area contributed by atoms with Crippen molar-refractivity contribution in [3.05, 3.63) is 53.9 Å². The van der Waals surface area contributed by atoms with Gasteiger partial charge in [0.15, 0.2) is 0 Å². The van der Waals surface area contributed by atoms with Gasteiger partial charge in [-0.15, -0.1) is 0 Å². The molecule has 0 spiro atoms. The minimum absolute atomic E-state index is 0.0841. The molecule has 1 aliphatic heterocycles. The SMILES string of the molecule is Cc1ccc(-c2ccc([C@H]3CNCCO3)nc2)cc1. The van der Waals surface area contributed by atoms with E-state index in [4.69, 9.17) is 4.74 Å². The van der Waals surface area contributed by atoms with Gasteiger partial charge < -0.3 is 10.1 Å². The highest BCUT2D eigenvalue weighted by Crippen LogP contribution is 2.22. The Hall–Kier alpha value is -1.71. The number of pyridine rings is 1. The number of aryl methyl sites for hydroxylation is 1. The molecule has 0 bridgehead atoms. The molecule has 19 heavy (non-hydrogen) atoms. The van der Waals surface area contributed by atoms with Crippen molar-refractivity contribution >= 4 is 0 Å². The second-order valence-corrected chi connectivity index (χ2v) is 4.90. The first-order valence-electron chi connectivity index (χ1n) is 6.68. The minimum Gasteiger partial charge on any atom is -0.369 e. The third-order valence-corrected chi connectivity index (χ3v) is 3.43. The molecule has 1 aliphatic rings. The summed E-state index contributed by atoms with van der Waals surface area (Å²) in [6.45, 7) is 4.62. The van der Waals surface area contributed by atoms with Crippen LogP contribution in [0.4, 0.5) is 0 Å². The second-order valence-electron chi connectivity index (χ2n) is 4.90. The lowest BCUT2D eigenvalue weighted by atomic mass is 10.1. The Kier molecular flexibility index (Phi) is 3.58. The fraction of sp³-hybridized carbons (Fsp3) is 0.312. The minimum atomic E-state index is 0.0841. The van der Waals surface area contributed by atoms with Crippen molar-refractivity contribution < 1.29 is 4.74 Å². The van der Waals surface area contributed by atoms with Crippen molar-refractivity contribution in [1.29, 1.82) is 0 Å². The number of rotatable bonds is 2. The van der Waals surface area contributed by atoms with E-state index in [1.165, 1.54) is 11.1 Å². The number of hydrogen-bond donors (Lipinski definition) is 1. The summed E-state index contributed by atoms with van der Waals surface area (Å²) in [5.41, 5.74) is 4.62.